The first kappa shape index (κ1) is 11.5. The van der Waals surface area contributed by atoms with Crippen molar-refractivity contribution >= 4 is 5.97 Å². The third-order valence-corrected chi connectivity index (χ3v) is 3.74. The van der Waals surface area contributed by atoms with Gasteiger partial charge in [-0.15, -0.1) is 0 Å². The zero-order valence-corrected chi connectivity index (χ0v) is 9.34. The molecule has 0 aromatic heterocycles. The lowest BCUT2D eigenvalue weighted by molar-refractivity contribution is -0.141. The van der Waals surface area contributed by atoms with Gasteiger partial charge in [0.05, 0.1) is 6.42 Å². The van der Waals surface area contributed by atoms with Crippen LogP contribution >= 0.6 is 0 Å². The highest BCUT2D eigenvalue weighted by Gasteiger charge is 2.52. The molecule has 1 atom stereocenters. The van der Waals surface area contributed by atoms with Crippen molar-refractivity contribution in [3.05, 3.63) is 0 Å². The molecule has 1 unspecified atom stereocenters. The minimum atomic E-state index is -0.725. The fourth-order valence-electron chi connectivity index (χ4n) is 2.67. The number of carboxylic acid groups (broad SMARTS) is 1. The van der Waals surface area contributed by atoms with Gasteiger partial charge in [0.1, 0.15) is 0 Å². The first-order valence-electron chi connectivity index (χ1n) is 5.34. The molecule has 0 bridgehead atoms. The molecule has 3 nitrogen and oxygen atoms in total. The summed E-state index contributed by atoms with van der Waals surface area (Å²) in [5, 5.41) is 8.96. The van der Waals surface area contributed by atoms with Gasteiger partial charge < -0.3 is 10.8 Å². The van der Waals surface area contributed by atoms with Gasteiger partial charge >= 0.3 is 5.97 Å². The molecule has 0 spiro atoms. The molecule has 0 heterocycles. The van der Waals surface area contributed by atoms with Crippen LogP contribution in [-0.4, -0.2) is 16.6 Å². The summed E-state index contributed by atoms with van der Waals surface area (Å²) in [6.07, 6.45) is 3.34. The van der Waals surface area contributed by atoms with Gasteiger partial charge in [-0.25, -0.2) is 0 Å². The summed E-state index contributed by atoms with van der Waals surface area (Å²) in [7, 11) is 0. The Kier molecular flexibility index (Phi) is 2.91. The second kappa shape index (κ2) is 3.54. The van der Waals surface area contributed by atoms with Gasteiger partial charge in [-0.1, -0.05) is 6.92 Å². The quantitative estimate of drug-likeness (QED) is 0.712. The van der Waals surface area contributed by atoms with E-state index in [2.05, 4.69) is 6.92 Å². The topological polar surface area (TPSA) is 63.3 Å². The van der Waals surface area contributed by atoms with Gasteiger partial charge in [-0.2, -0.15) is 0 Å². The molecule has 82 valence electrons. The first-order chi connectivity index (χ1) is 6.33. The van der Waals surface area contributed by atoms with E-state index in [9.17, 15) is 4.79 Å². The standard InChI is InChI=1S/C11H21NO2/c1-4-11(7-9(13)14,8-5-6-8)10(2,3)12/h8H,4-7,12H2,1-3H3,(H,13,14). The van der Waals surface area contributed by atoms with Gasteiger partial charge in [0.25, 0.3) is 0 Å². The Morgan fingerprint density at radius 1 is 1.50 bits per heavy atom. The van der Waals surface area contributed by atoms with Gasteiger partial charge in [0.15, 0.2) is 0 Å². The molecule has 1 fully saturated rings. The minimum Gasteiger partial charge on any atom is -0.481 e. The van der Waals surface area contributed by atoms with Crippen molar-refractivity contribution in [1.29, 1.82) is 0 Å². The number of hydrogen-bond donors (Lipinski definition) is 2. The first-order valence-corrected chi connectivity index (χ1v) is 5.34. The molecule has 1 aliphatic carbocycles. The third-order valence-electron chi connectivity index (χ3n) is 3.74. The number of carbonyl (C=O) groups is 1. The molecule has 1 saturated carbocycles. The lowest BCUT2D eigenvalue weighted by Gasteiger charge is -2.44. The zero-order valence-electron chi connectivity index (χ0n) is 9.34. The molecule has 3 heteroatoms. The van der Waals surface area contributed by atoms with Crippen LogP contribution in [0.15, 0.2) is 0 Å². The molecule has 0 aromatic rings. The van der Waals surface area contributed by atoms with E-state index in [1.54, 1.807) is 0 Å². The summed E-state index contributed by atoms with van der Waals surface area (Å²) in [5.74, 6) is -0.208. The van der Waals surface area contributed by atoms with Crippen molar-refractivity contribution in [2.75, 3.05) is 0 Å². The van der Waals surface area contributed by atoms with E-state index < -0.39 is 11.5 Å². The van der Waals surface area contributed by atoms with Crippen LogP contribution in [-0.2, 0) is 4.79 Å². The molecule has 14 heavy (non-hydrogen) atoms. The number of aliphatic carboxylic acids is 1. The van der Waals surface area contributed by atoms with Crippen molar-refractivity contribution in [3.8, 4) is 0 Å². The summed E-state index contributed by atoms with van der Waals surface area (Å²) >= 11 is 0. The van der Waals surface area contributed by atoms with Crippen LogP contribution in [0.4, 0.5) is 0 Å². The molecule has 3 N–H and O–H groups in total. The molecule has 0 radical (unpaired) electrons. The van der Waals surface area contributed by atoms with Crippen molar-refractivity contribution in [2.24, 2.45) is 17.1 Å². The third kappa shape index (κ3) is 1.92. The van der Waals surface area contributed by atoms with Crippen molar-refractivity contribution in [3.63, 3.8) is 0 Å². The number of nitrogens with two attached hydrogens (primary N) is 1. The Balaban J connectivity index is 2.91. The molecular weight excluding hydrogens is 178 g/mol. The number of hydrogen-bond acceptors (Lipinski definition) is 2. The van der Waals surface area contributed by atoms with Gasteiger partial charge in [0.2, 0.25) is 0 Å². The van der Waals surface area contributed by atoms with Crippen LogP contribution in [0.2, 0.25) is 0 Å². The van der Waals surface area contributed by atoms with E-state index in [4.69, 9.17) is 10.8 Å². The fourth-order valence-corrected chi connectivity index (χ4v) is 2.67. The zero-order chi connectivity index (χ0) is 11.0. The molecule has 0 amide bonds. The second-order valence-electron chi connectivity index (χ2n) is 5.08. The largest absolute Gasteiger partial charge is 0.481 e. The van der Waals surface area contributed by atoms with Gasteiger partial charge in [0, 0.05) is 11.0 Å². The summed E-state index contributed by atoms with van der Waals surface area (Å²) in [4.78, 5) is 10.9. The highest BCUT2D eigenvalue weighted by atomic mass is 16.4. The maximum atomic E-state index is 10.9. The molecular formula is C11H21NO2. The van der Waals surface area contributed by atoms with E-state index >= 15 is 0 Å². The maximum absolute atomic E-state index is 10.9. The molecule has 0 aliphatic heterocycles. The average Bonchev–Trinajstić information content (AvgIpc) is 2.79. The van der Waals surface area contributed by atoms with E-state index in [1.807, 2.05) is 13.8 Å². The normalized spacial score (nSPS) is 21.7. The summed E-state index contributed by atoms with van der Waals surface area (Å²) in [6.45, 7) is 5.96. The van der Waals surface area contributed by atoms with E-state index in [-0.39, 0.29) is 11.8 Å². The molecule has 1 rings (SSSR count). The van der Waals surface area contributed by atoms with Crippen LogP contribution in [0, 0.1) is 11.3 Å². The minimum absolute atomic E-state index is 0.206. The highest BCUT2D eigenvalue weighted by molar-refractivity contribution is 5.68. The van der Waals surface area contributed by atoms with E-state index in [0.717, 1.165) is 19.3 Å². The Morgan fingerprint density at radius 3 is 2.21 bits per heavy atom. The molecule has 0 aromatic carbocycles. The fraction of sp³-hybridized carbons (Fsp3) is 0.909. The van der Waals surface area contributed by atoms with E-state index in [0.29, 0.717) is 5.92 Å². The van der Waals surface area contributed by atoms with Crippen LogP contribution in [0.5, 0.6) is 0 Å². The van der Waals surface area contributed by atoms with Crippen LogP contribution in [0.25, 0.3) is 0 Å². The van der Waals surface area contributed by atoms with Crippen LogP contribution in [0.3, 0.4) is 0 Å². The Hall–Kier alpha value is -0.570. The molecule has 1 aliphatic rings. The SMILES string of the molecule is CCC(CC(=O)O)(C1CC1)C(C)(C)N. The van der Waals surface area contributed by atoms with E-state index in [1.165, 1.54) is 0 Å². The van der Waals surface area contributed by atoms with Crippen molar-refractivity contribution in [1.82, 2.24) is 0 Å². The van der Waals surface area contributed by atoms with Crippen LogP contribution < -0.4 is 5.73 Å². The van der Waals surface area contributed by atoms with Crippen molar-refractivity contribution < 1.29 is 9.90 Å². The summed E-state index contributed by atoms with van der Waals surface area (Å²) < 4.78 is 0. The lowest BCUT2D eigenvalue weighted by atomic mass is 9.64. The van der Waals surface area contributed by atoms with Crippen molar-refractivity contribution in [2.45, 2.75) is 52.0 Å². The van der Waals surface area contributed by atoms with Crippen LogP contribution in [0.1, 0.15) is 46.5 Å². The highest BCUT2D eigenvalue weighted by Crippen LogP contribution is 2.54. The average molecular weight is 199 g/mol. The lowest BCUT2D eigenvalue weighted by Crippen LogP contribution is -2.53. The summed E-state index contributed by atoms with van der Waals surface area (Å²) in [6, 6.07) is 0. The molecule has 0 saturated heterocycles. The Morgan fingerprint density at radius 2 is 2.00 bits per heavy atom. The predicted molar refractivity (Wildman–Crippen MR) is 56.0 cm³/mol. The second-order valence-corrected chi connectivity index (χ2v) is 5.08. The number of carboxylic acids is 1. The van der Waals surface area contributed by atoms with Gasteiger partial charge in [-0.05, 0) is 39.0 Å². The Labute approximate surface area is 85.7 Å². The smallest absolute Gasteiger partial charge is 0.303 e. The maximum Gasteiger partial charge on any atom is 0.303 e. The summed E-state index contributed by atoms with van der Waals surface area (Å²) in [5.41, 5.74) is 5.54. The Bertz CT molecular complexity index is 228. The monoisotopic (exact) mass is 199 g/mol. The predicted octanol–water partition coefficient (Wildman–Crippen LogP) is 2.00. The van der Waals surface area contributed by atoms with Gasteiger partial charge in [-0.3, -0.25) is 4.79 Å². The number of rotatable bonds is 5.